The second-order valence-electron chi connectivity index (χ2n) is 5.63. The molecule has 1 unspecified atom stereocenters. The Morgan fingerprint density at radius 2 is 2.10 bits per heavy atom. The van der Waals surface area contributed by atoms with E-state index in [9.17, 15) is 4.79 Å². The number of benzene rings is 1. The van der Waals surface area contributed by atoms with E-state index in [1.807, 2.05) is 6.92 Å². The molecule has 1 saturated heterocycles. The fourth-order valence-corrected chi connectivity index (χ4v) is 2.50. The third kappa shape index (κ3) is 4.43. The van der Waals surface area contributed by atoms with Gasteiger partial charge in [-0.3, -0.25) is 4.79 Å². The lowest BCUT2D eigenvalue weighted by molar-refractivity contribution is -0.132. The molecule has 0 aromatic heterocycles. The van der Waals surface area contributed by atoms with Gasteiger partial charge in [0.1, 0.15) is 6.10 Å². The highest BCUT2D eigenvalue weighted by atomic mass is 35.5. The monoisotopic (exact) mass is 312 g/mol. The number of rotatable bonds is 4. The number of nitrogens with two attached hydrogens (primary N) is 1. The molecule has 3 N–H and O–H groups in total. The van der Waals surface area contributed by atoms with E-state index in [1.54, 1.807) is 0 Å². The normalized spacial score (nSPS) is 22.5. The Labute approximate surface area is 132 Å². The van der Waals surface area contributed by atoms with Gasteiger partial charge in [0.2, 0.25) is 5.91 Å². The smallest absolute Gasteiger partial charge is 0.249 e. The van der Waals surface area contributed by atoms with Crippen molar-refractivity contribution in [1.82, 2.24) is 5.32 Å². The van der Waals surface area contributed by atoms with Gasteiger partial charge in [-0.2, -0.15) is 0 Å². The average Bonchev–Trinajstić information content (AvgIpc) is 2.90. The molecule has 1 aromatic carbocycles. The standard InChI is InChI=1S/C16H24N2O2.ClH/c1-10-4-5-13(8-11(10)2)12(3)18-16(19)15-7-6-14(9-17)20-15;/h4-5,8,12,14-15H,6-7,9,17H2,1-3H3,(H,18,19);1H/t12?,14-,15+;/m1./s1. The van der Waals surface area contributed by atoms with Crippen molar-refractivity contribution in [2.45, 2.75) is 51.9 Å². The van der Waals surface area contributed by atoms with Crippen molar-refractivity contribution in [2.75, 3.05) is 6.54 Å². The SMILES string of the molecule is Cc1ccc(C(C)NC(=O)[C@@H]2CC[C@H](CN)O2)cc1C.Cl. The molecule has 118 valence electrons. The van der Waals surface area contributed by atoms with Crippen LogP contribution < -0.4 is 11.1 Å². The Morgan fingerprint density at radius 1 is 1.38 bits per heavy atom. The van der Waals surface area contributed by atoms with Gasteiger partial charge in [-0.15, -0.1) is 12.4 Å². The van der Waals surface area contributed by atoms with Crippen LogP contribution in [-0.2, 0) is 9.53 Å². The Kier molecular flexibility index (Phi) is 6.65. The van der Waals surface area contributed by atoms with Crippen LogP contribution in [0.5, 0.6) is 0 Å². The van der Waals surface area contributed by atoms with Crippen LogP contribution in [0.2, 0.25) is 0 Å². The van der Waals surface area contributed by atoms with E-state index in [-0.39, 0.29) is 36.6 Å². The molecule has 1 aliphatic heterocycles. The molecule has 1 heterocycles. The number of nitrogens with one attached hydrogen (secondary N) is 1. The van der Waals surface area contributed by atoms with Crippen LogP contribution in [0.3, 0.4) is 0 Å². The topological polar surface area (TPSA) is 64.4 Å². The molecule has 3 atom stereocenters. The quantitative estimate of drug-likeness (QED) is 0.897. The molecule has 1 aromatic rings. The van der Waals surface area contributed by atoms with Gasteiger partial charge in [0.15, 0.2) is 0 Å². The molecule has 1 aliphatic rings. The van der Waals surface area contributed by atoms with Gasteiger partial charge < -0.3 is 15.8 Å². The first-order chi connectivity index (χ1) is 9.51. The zero-order valence-electron chi connectivity index (χ0n) is 12.9. The summed E-state index contributed by atoms with van der Waals surface area (Å²) in [5.41, 5.74) is 9.18. The van der Waals surface area contributed by atoms with E-state index >= 15 is 0 Å². The maximum absolute atomic E-state index is 12.2. The molecule has 0 spiro atoms. The van der Waals surface area contributed by atoms with Gasteiger partial charge in [0.05, 0.1) is 12.1 Å². The second-order valence-corrected chi connectivity index (χ2v) is 5.63. The van der Waals surface area contributed by atoms with E-state index in [0.717, 1.165) is 18.4 Å². The van der Waals surface area contributed by atoms with Crippen molar-refractivity contribution in [3.05, 3.63) is 34.9 Å². The summed E-state index contributed by atoms with van der Waals surface area (Å²) in [5.74, 6) is -0.0355. The summed E-state index contributed by atoms with van der Waals surface area (Å²) in [5, 5.41) is 3.02. The highest BCUT2D eigenvalue weighted by Gasteiger charge is 2.30. The molecule has 5 heteroatoms. The lowest BCUT2D eigenvalue weighted by Crippen LogP contribution is -2.37. The van der Waals surface area contributed by atoms with Crippen LogP contribution in [0.1, 0.15) is 42.5 Å². The minimum atomic E-state index is -0.349. The molecule has 0 aliphatic carbocycles. The van der Waals surface area contributed by atoms with Crippen molar-refractivity contribution < 1.29 is 9.53 Å². The number of hydrogen-bond acceptors (Lipinski definition) is 3. The number of ether oxygens (including phenoxy) is 1. The summed E-state index contributed by atoms with van der Waals surface area (Å²) in [4.78, 5) is 12.2. The van der Waals surface area contributed by atoms with Crippen molar-refractivity contribution in [1.29, 1.82) is 0 Å². The number of carbonyl (C=O) groups is 1. The summed E-state index contributed by atoms with van der Waals surface area (Å²) < 4.78 is 5.61. The van der Waals surface area contributed by atoms with Crippen LogP contribution in [0, 0.1) is 13.8 Å². The van der Waals surface area contributed by atoms with Gasteiger partial charge in [-0.05, 0) is 50.3 Å². The number of amides is 1. The molecule has 1 amide bonds. The lowest BCUT2D eigenvalue weighted by atomic mass is 10.0. The van der Waals surface area contributed by atoms with Crippen molar-refractivity contribution in [3.8, 4) is 0 Å². The van der Waals surface area contributed by atoms with E-state index in [2.05, 4.69) is 37.4 Å². The minimum absolute atomic E-state index is 0. The van der Waals surface area contributed by atoms with E-state index < -0.39 is 0 Å². The van der Waals surface area contributed by atoms with Gasteiger partial charge in [0, 0.05) is 6.54 Å². The minimum Gasteiger partial charge on any atom is -0.364 e. The molecule has 0 bridgehead atoms. The fourth-order valence-electron chi connectivity index (χ4n) is 2.50. The molecule has 0 radical (unpaired) electrons. The first-order valence-electron chi connectivity index (χ1n) is 7.24. The lowest BCUT2D eigenvalue weighted by Gasteiger charge is -2.18. The largest absolute Gasteiger partial charge is 0.364 e. The summed E-state index contributed by atoms with van der Waals surface area (Å²) in [6, 6.07) is 6.26. The Morgan fingerprint density at radius 3 is 2.67 bits per heavy atom. The van der Waals surface area contributed by atoms with Crippen molar-refractivity contribution in [3.63, 3.8) is 0 Å². The second kappa shape index (κ2) is 7.78. The number of halogens is 1. The average molecular weight is 313 g/mol. The molecule has 0 saturated carbocycles. The predicted molar refractivity (Wildman–Crippen MR) is 86.7 cm³/mol. The first kappa shape index (κ1) is 18.0. The van der Waals surface area contributed by atoms with Crippen LogP contribution in [0.25, 0.3) is 0 Å². The Balaban J connectivity index is 0.00000220. The zero-order chi connectivity index (χ0) is 14.7. The number of hydrogen-bond donors (Lipinski definition) is 2. The molecular weight excluding hydrogens is 288 g/mol. The molecule has 1 fully saturated rings. The predicted octanol–water partition coefficient (Wildman–Crippen LogP) is 2.41. The zero-order valence-corrected chi connectivity index (χ0v) is 13.7. The first-order valence-corrected chi connectivity index (χ1v) is 7.24. The van der Waals surface area contributed by atoms with E-state index in [0.29, 0.717) is 6.54 Å². The number of carbonyl (C=O) groups excluding carboxylic acids is 1. The van der Waals surface area contributed by atoms with Crippen LogP contribution in [0.15, 0.2) is 18.2 Å². The summed E-state index contributed by atoms with van der Waals surface area (Å²) in [6.45, 7) is 6.65. The Bertz CT molecular complexity index is 493. The molecule has 21 heavy (non-hydrogen) atoms. The number of aryl methyl sites for hydroxylation is 2. The fraction of sp³-hybridized carbons (Fsp3) is 0.562. The highest BCUT2D eigenvalue weighted by molar-refractivity contribution is 5.85. The molecule has 4 nitrogen and oxygen atoms in total. The van der Waals surface area contributed by atoms with Crippen LogP contribution in [0.4, 0.5) is 0 Å². The van der Waals surface area contributed by atoms with Gasteiger partial charge in [0.25, 0.3) is 0 Å². The summed E-state index contributed by atoms with van der Waals surface area (Å²) in [7, 11) is 0. The van der Waals surface area contributed by atoms with Crippen LogP contribution >= 0.6 is 12.4 Å². The molecule has 2 rings (SSSR count). The maximum Gasteiger partial charge on any atom is 0.249 e. The van der Waals surface area contributed by atoms with Crippen molar-refractivity contribution >= 4 is 18.3 Å². The van der Waals surface area contributed by atoms with Gasteiger partial charge in [-0.25, -0.2) is 0 Å². The van der Waals surface area contributed by atoms with E-state index in [1.165, 1.54) is 11.1 Å². The third-order valence-corrected chi connectivity index (χ3v) is 4.05. The maximum atomic E-state index is 12.2. The van der Waals surface area contributed by atoms with Gasteiger partial charge in [-0.1, -0.05) is 18.2 Å². The Hall–Kier alpha value is -1.10. The summed E-state index contributed by atoms with van der Waals surface area (Å²) in [6.07, 6.45) is 1.31. The highest BCUT2D eigenvalue weighted by Crippen LogP contribution is 2.21. The van der Waals surface area contributed by atoms with Crippen molar-refractivity contribution in [2.24, 2.45) is 5.73 Å². The van der Waals surface area contributed by atoms with E-state index in [4.69, 9.17) is 10.5 Å². The summed E-state index contributed by atoms with van der Waals surface area (Å²) >= 11 is 0. The van der Waals surface area contributed by atoms with Gasteiger partial charge >= 0.3 is 0 Å². The molecular formula is C16H25ClN2O2. The van der Waals surface area contributed by atoms with Crippen LogP contribution in [-0.4, -0.2) is 24.7 Å². The third-order valence-electron chi connectivity index (χ3n) is 4.05.